The summed E-state index contributed by atoms with van der Waals surface area (Å²) >= 11 is 6.09. The van der Waals surface area contributed by atoms with Gasteiger partial charge in [0.15, 0.2) is 0 Å². The molecular weight excluding hydrogens is 234 g/mol. The molecule has 0 heterocycles. The standard InChI is InChI=1S/C14H20ClNO/c1-3-17-13-7-12(8-13)16-9-11-5-4-10(2)14(15)6-11/h4-6,12-13,16H,3,7-9H2,1-2H3. The van der Waals surface area contributed by atoms with Gasteiger partial charge in [0.2, 0.25) is 0 Å². The first-order valence-corrected chi connectivity index (χ1v) is 6.67. The number of rotatable bonds is 5. The summed E-state index contributed by atoms with van der Waals surface area (Å²) < 4.78 is 5.53. The van der Waals surface area contributed by atoms with Gasteiger partial charge in [-0.05, 0) is 43.9 Å². The lowest BCUT2D eigenvalue weighted by atomic mass is 9.89. The average Bonchev–Trinajstić information content (AvgIpc) is 2.26. The van der Waals surface area contributed by atoms with Gasteiger partial charge in [-0.3, -0.25) is 0 Å². The fourth-order valence-corrected chi connectivity index (χ4v) is 2.32. The molecule has 1 aromatic rings. The van der Waals surface area contributed by atoms with E-state index in [4.69, 9.17) is 16.3 Å². The minimum atomic E-state index is 0.471. The highest BCUT2D eigenvalue weighted by molar-refractivity contribution is 6.31. The molecule has 1 aromatic carbocycles. The predicted octanol–water partition coefficient (Wildman–Crippen LogP) is 3.31. The monoisotopic (exact) mass is 253 g/mol. The number of halogens is 1. The maximum absolute atomic E-state index is 6.09. The van der Waals surface area contributed by atoms with E-state index >= 15 is 0 Å². The van der Waals surface area contributed by atoms with Crippen molar-refractivity contribution in [2.24, 2.45) is 0 Å². The first kappa shape index (κ1) is 12.9. The third kappa shape index (κ3) is 3.44. The van der Waals surface area contributed by atoms with Crippen LogP contribution in [0.2, 0.25) is 5.02 Å². The summed E-state index contributed by atoms with van der Waals surface area (Å²) in [6.45, 7) is 5.79. The van der Waals surface area contributed by atoms with Crippen molar-refractivity contribution in [3.63, 3.8) is 0 Å². The highest BCUT2D eigenvalue weighted by Crippen LogP contribution is 2.24. The van der Waals surface area contributed by atoms with Crippen molar-refractivity contribution in [3.05, 3.63) is 34.3 Å². The predicted molar refractivity (Wildman–Crippen MR) is 71.5 cm³/mol. The van der Waals surface area contributed by atoms with Crippen LogP contribution < -0.4 is 5.32 Å². The molecule has 0 unspecified atom stereocenters. The zero-order valence-electron chi connectivity index (χ0n) is 10.5. The summed E-state index contributed by atoms with van der Waals surface area (Å²) in [5.41, 5.74) is 2.39. The molecule has 17 heavy (non-hydrogen) atoms. The Bertz CT molecular complexity index is 374. The van der Waals surface area contributed by atoms with Crippen LogP contribution in [0.5, 0.6) is 0 Å². The van der Waals surface area contributed by atoms with Crippen LogP contribution in [0.4, 0.5) is 0 Å². The number of aryl methyl sites for hydroxylation is 1. The molecule has 0 amide bonds. The second-order valence-corrected chi connectivity index (χ2v) is 5.12. The minimum absolute atomic E-state index is 0.471. The Morgan fingerprint density at radius 1 is 1.41 bits per heavy atom. The van der Waals surface area contributed by atoms with Crippen LogP contribution in [0.1, 0.15) is 30.9 Å². The molecule has 3 heteroatoms. The highest BCUT2D eigenvalue weighted by atomic mass is 35.5. The lowest BCUT2D eigenvalue weighted by Gasteiger charge is -2.35. The van der Waals surface area contributed by atoms with E-state index in [1.54, 1.807) is 0 Å². The largest absolute Gasteiger partial charge is 0.378 e. The summed E-state index contributed by atoms with van der Waals surface area (Å²) in [7, 11) is 0. The van der Waals surface area contributed by atoms with Crippen LogP contribution in [0, 0.1) is 6.92 Å². The van der Waals surface area contributed by atoms with Crippen molar-refractivity contribution in [2.75, 3.05) is 6.61 Å². The maximum atomic E-state index is 6.09. The lowest BCUT2D eigenvalue weighted by molar-refractivity contribution is -0.0102. The summed E-state index contributed by atoms with van der Waals surface area (Å²) in [6.07, 6.45) is 2.74. The fourth-order valence-electron chi connectivity index (χ4n) is 2.11. The van der Waals surface area contributed by atoms with E-state index in [1.165, 1.54) is 5.56 Å². The fraction of sp³-hybridized carbons (Fsp3) is 0.571. The molecule has 1 aliphatic carbocycles. The van der Waals surface area contributed by atoms with Crippen molar-refractivity contribution in [3.8, 4) is 0 Å². The molecule has 1 fully saturated rings. The normalized spacial score (nSPS) is 23.5. The van der Waals surface area contributed by atoms with Crippen LogP contribution in [0.15, 0.2) is 18.2 Å². The summed E-state index contributed by atoms with van der Waals surface area (Å²) in [5.74, 6) is 0. The van der Waals surface area contributed by atoms with Crippen LogP contribution in [0.3, 0.4) is 0 Å². The van der Waals surface area contributed by atoms with Gasteiger partial charge in [-0.2, -0.15) is 0 Å². The second-order valence-electron chi connectivity index (χ2n) is 4.71. The zero-order chi connectivity index (χ0) is 12.3. The van der Waals surface area contributed by atoms with Crippen LogP contribution in [0.25, 0.3) is 0 Å². The van der Waals surface area contributed by atoms with Gasteiger partial charge < -0.3 is 10.1 Å². The molecule has 1 saturated carbocycles. The summed E-state index contributed by atoms with van der Waals surface area (Å²) in [5, 5.41) is 4.38. The SMILES string of the molecule is CCOC1CC(NCc2ccc(C)c(Cl)c2)C1. The Kier molecular flexibility index (Phi) is 4.43. The zero-order valence-corrected chi connectivity index (χ0v) is 11.3. The third-order valence-electron chi connectivity index (χ3n) is 3.33. The van der Waals surface area contributed by atoms with Crippen molar-refractivity contribution in [1.29, 1.82) is 0 Å². The van der Waals surface area contributed by atoms with Gasteiger partial charge in [-0.1, -0.05) is 23.7 Å². The number of nitrogens with one attached hydrogen (secondary N) is 1. The number of hydrogen-bond donors (Lipinski definition) is 1. The van der Waals surface area contributed by atoms with Gasteiger partial charge >= 0.3 is 0 Å². The van der Waals surface area contributed by atoms with Crippen molar-refractivity contribution in [1.82, 2.24) is 5.32 Å². The van der Waals surface area contributed by atoms with E-state index in [9.17, 15) is 0 Å². The average molecular weight is 254 g/mol. The van der Waals surface area contributed by atoms with Gasteiger partial charge in [0.25, 0.3) is 0 Å². The molecule has 2 rings (SSSR count). The Hall–Kier alpha value is -0.570. The molecule has 94 valence electrons. The van der Waals surface area contributed by atoms with Crippen LogP contribution >= 0.6 is 11.6 Å². The van der Waals surface area contributed by atoms with E-state index in [2.05, 4.69) is 24.4 Å². The van der Waals surface area contributed by atoms with Crippen LogP contribution in [-0.4, -0.2) is 18.8 Å². The quantitative estimate of drug-likeness (QED) is 0.869. The number of ether oxygens (including phenoxy) is 1. The van der Waals surface area contributed by atoms with E-state index < -0.39 is 0 Å². The molecule has 0 atom stereocenters. The molecule has 0 aromatic heterocycles. The Morgan fingerprint density at radius 2 is 2.18 bits per heavy atom. The second kappa shape index (κ2) is 5.85. The van der Waals surface area contributed by atoms with Gasteiger partial charge in [0, 0.05) is 24.2 Å². The topological polar surface area (TPSA) is 21.3 Å². The molecule has 2 nitrogen and oxygen atoms in total. The lowest BCUT2D eigenvalue weighted by Crippen LogP contribution is -2.45. The van der Waals surface area contributed by atoms with E-state index in [1.807, 2.05) is 13.0 Å². The molecule has 0 aliphatic heterocycles. The summed E-state index contributed by atoms with van der Waals surface area (Å²) in [6, 6.07) is 6.85. The van der Waals surface area contributed by atoms with E-state index in [-0.39, 0.29) is 0 Å². The third-order valence-corrected chi connectivity index (χ3v) is 3.74. The van der Waals surface area contributed by atoms with Gasteiger partial charge in [-0.15, -0.1) is 0 Å². The number of hydrogen-bond acceptors (Lipinski definition) is 2. The Labute approximate surface area is 108 Å². The smallest absolute Gasteiger partial charge is 0.0604 e. The molecule has 0 spiro atoms. The first-order chi connectivity index (χ1) is 8.19. The van der Waals surface area contributed by atoms with Crippen molar-refractivity contribution in [2.45, 2.75) is 45.4 Å². The van der Waals surface area contributed by atoms with Gasteiger partial charge in [0.1, 0.15) is 0 Å². The van der Waals surface area contributed by atoms with E-state index in [0.717, 1.165) is 36.6 Å². The number of benzene rings is 1. The Morgan fingerprint density at radius 3 is 2.82 bits per heavy atom. The van der Waals surface area contributed by atoms with Gasteiger partial charge in [0.05, 0.1) is 6.10 Å². The molecule has 0 bridgehead atoms. The summed E-state index contributed by atoms with van der Waals surface area (Å²) in [4.78, 5) is 0. The molecule has 1 N–H and O–H groups in total. The van der Waals surface area contributed by atoms with E-state index in [0.29, 0.717) is 12.1 Å². The van der Waals surface area contributed by atoms with Crippen molar-refractivity contribution >= 4 is 11.6 Å². The molecule has 0 saturated heterocycles. The van der Waals surface area contributed by atoms with Gasteiger partial charge in [-0.25, -0.2) is 0 Å². The molecule has 0 radical (unpaired) electrons. The molecular formula is C14H20ClNO. The highest BCUT2D eigenvalue weighted by Gasteiger charge is 2.28. The molecule has 1 aliphatic rings. The maximum Gasteiger partial charge on any atom is 0.0604 e. The first-order valence-electron chi connectivity index (χ1n) is 6.29. The minimum Gasteiger partial charge on any atom is -0.378 e. The van der Waals surface area contributed by atoms with Crippen molar-refractivity contribution < 1.29 is 4.74 Å². The Balaban J connectivity index is 1.74. The van der Waals surface area contributed by atoms with Crippen LogP contribution in [-0.2, 0) is 11.3 Å².